The van der Waals surface area contributed by atoms with Gasteiger partial charge in [-0.2, -0.15) is 0 Å². The van der Waals surface area contributed by atoms with Crippen LogP contribution in [0.3, 0.4) is 0 Å². The predicted molar refractivity (Wildman–Crippen MR) is 56.2 cm³/mol. The van der Waals surface area contributed by atoms with E-state index in [1.807, 2.05) is 7.11 Å². The van der Waals surface area contributed by atoms with Crippen LogP contribution in [0.4, 0.5) is 0 Å². The van der Waals surface area contributed by atoms with Crippen LogP contribution < -0.4 is 0 Å². The van der Waals surface area contributed by atoms with Crippen molar-refractivity contribution in [3.63, 3.8) is 0 Å². The molecule has 82 valence electrons. The number of fused-ring (bicyclic) bond motifs is 2. The Morgan fingerprint density at radius 2 is 1.71 bits per heavy atom. The molecule has 4 unspecified atom stereocenters. The van der Waals surface area contributed by atoms with E-state index in [9.17, 15) is 0 Å². The molecule has 0 aromatic heterocycles. The maximum Gasteiger partial charge on any atom is 0.0944 e. The molecule has 3 saturated carbocycles. The monoisotopic (exact) mass is 198 g/mol. The van der Waals surface area contributed by atoms with Crippen LogP contribution in [-0.2, 0) is 9.47 Å². The third-order valence-electron chi connectivity index (χ3n) is 5.02. The molecule has 14 heavy (non-hydrogen) atoms. The van der Waals surface area contributed by atoms with Gasteiger partial charge in [0, 0.05) is 14.2 Å². The molecule has 0 radical (unpaired) electrons. The standard InChI is InChI=1S/C12H22O2/c1-11(2)8-6-9(11)12(3,14-5)10(7-8)13-4/h8-10H,6-7H2,1-5H3. The minimum atomic E-state index is -0.0764. The van der Waals surface area contributed by atoms with Gasteiger partial charge in [-0.3, -0.25) is 0 Å². The van der Waals surface area contributed by atoms with Crippen molar-refractivity contribution in [2.75, 3.05) is 14.2 Å². The minimum Gasteiger partial charge on any atom is -0.378 e. The summed E-state index contributed by atoms with van der Waals surface area (Å²) in [6.07, 6.45) is 2.76. The average Bonchev–Trinajstić information content (AvgIpc) is 2.17. The maximum atomic E-state index is 5.74. The normalized spacial score (nSPS) is 49.9. The van der Waals surface area contributed by atoms with Gasteiger partial charge < -0.3 is 9.47 Å². The Kier molecular flexibility index (Phi) is 2.20. The molecule has 3 fully saturated rings. The summed E-state index contributed by atoms with van der Waals surface area (Å²) < 4.78 is 11.3. The van der Waals surface area contributed by atoms with Crippen molar-refractivity contribution < 1.29 is 9.47 Å². The lowest BCUT2D eigenvalue weighted by Crippen LogP contribution is -2.67. The molecule has 0 saturated heterocycles. The maximum absolute atomic E-state index is 5.74. The van der Waals surface area contributed by atoms with Gasteiger partial charge in [-0.25, -0.2) is 0 Å². The van der Waals surface area contributed by atoms with Crippen LogP contribution in [0.15, 0.2) is 0 Å². The number of rotatable bonds is 2. The number of hydrogen-bond donors (Lipinski definition) is 0. The molecule has 4 atom stereocenters. The Morgan fingerprint density at radius 3 is 2.14 bits per heavy atom. The van der Waals surface area contributed by atoms with E-state index in [1.165, 1.54) is 6.42 Å². The largest absolute Gasteiger partial charge is 0.378 e. The minimum absolute atomic E-state index is 0.0764. The smallest absolute Gasteiger partial charge is 0.0944 e. The zero-order valence-electron chi connectivity index (χ0n) is 9.96. The summed E-state index contributed by atoms with van der Waals surface area (Å²) in [6.45, 7) is 6.95. The lowest BCUT2D eigenvalue weighted by atomic mass is 9.43. The molecular formula is C12H22O2. The second kappa shape index (κ2) is 2.96. The van der Waals surface area contributed by atoms with E-state index in [-0.39, 0.29) is 11.7 Å². The molecule has 2 nitrogen and oxygen atoms in total. The van der Waals surface area contributed by atoms with Crippen LogP contribution in [0.1, 0.15) is 33.6 Å². The van der Waals surface area contributed by atoms with E-state index in [0.29, 0.717) is 11.3 Å². The van der Waals surface area contributed by atoms with Crippen molar-refractivity contribution in [1.82, 2.24) is 0 Å². The first-order valence-electron chi connectivity index (χ1n) is 5.54. The highest BCUT2D eigenvalue weighted by Gasteiger charge is 2.63. The molecule has 2 bridgehead atoms. The van der Waals surface area contributed by atoms with Gasteiger partial charge in [0.2, 0.25) is 0 Å². The summed E-state index contributed by atoms with van der Waals surface area (Å²) in [7, 11) is 3.63. The highest BCUT2D eigenvalue weighted by atomic mass is 16.5. The molecule has 0 aliphatic heterocycles. The summed E-state index contributed by atoms with van der Waals surface area (Å²) in [6, 6.07) is 0. The zero-order chi connectivity index (χ0) is 10.6. The molecular weight excluding hydrogens is 176 g/mol. The van der Waals surface area contributed by atoms with Gasteiger partial charge in [-0.1, -0.05) is 13.8 Å². The lowest BCUT2D eigenvalue weighted by Gasteiger charge is -2.65. The summed E-state index contributed by atoms with van der Waals surface area (Å²) in [5.74, 6) is 1.49. The number of hydrogen-bond acceptors (Lipinski definition) is 2. The second-order valence-corrected chi connectivity index (χ2v) is 5.65. The molecule has 0 amide bonds. The van der Waals surface area contributed by atoms with Crippen LogP contribution in [0.25, 0.3) is 0 Å². The van der Waals surface area contributed by atoms with E-state index in [1.54, 1.807) is 7.11 Å². The molecule has 0 aromatic rings. The van der Waals surface area contributed by atoms with E-state index >= 15 is 0 Å². The molecule has 0 heterocycles. The molecule has 3 aliphatic rings. The van der Waals surface area contributed by atoms with Crippen molar-refractivity contribution >= 4 is 0 Å². The summed E-state index contributed by atoms with van der Waals surface area (Å²) in [5.41, 5.74) is 0.368. The highest BCUT2D eigenvalue weighted by Crippen LogP contribution is 2.63. The van der Waals surface area contributed by atoms with Crippen LogP contribution in [0.5, 0.6) is 0 Å². The van der Waals surface area contributed by atoms with Crippen LogP contribution >= 0.6 is 0 Å². The van der Waals surface area contributed by atoms with E-state index in [0.717, 1.165) is 12.3 Å². The summed E-state index contributed by atoms with van der Waals surface area (Å²) in [5, 5.41) is 0. The topological polar surface area (TPSA) is 18.5 Å². The van der Waals surface area contributed by atoms with Gasteiger partial charge in [0.1, 0.15) is 0 Å². The Balaban J connectivity index is 2.26. The quantitative estimate of drug-likeness (QED) is 0.678. The van der Waals surface area contributed by atoms with Crippen molar-refractivity contribution in [1.29, 1.82) is 0 Å². The van der Waals surface area contributed by atoms with Crippen molar-refractivity contribution in [3.05, 3.63) is 0 Å². The molecule has 0 N–H and O–H groups in total. The zero-order valence-corrected chi connectivity index (χ0v) is 9.96. The SMILES string of the molecule is COC1CC2CC(C2(C)C)C1(C)OC. The Morgan fingerprint density at radius 1 is 1.07 bits per heavy atom. The second-order valence-electron chi connectivity index (χ2n) is 5.65. The number of methoxy groups -OCH3 is 2. The Labute approximate surface area is 87.0 Å². The van der Waals surface area contributed by atoms with Crippen LogP contribution in [0.2, 0.25) is 0 Å². The fraction of sp³-hybridized carbons (Fsp3) is 1.00. The fourth-order valence-corrected chi connectivity index (χ4v) is 3.71. The van der Waals surface area contributed by atoms with Gasteiger partial charge in [0.25, 0.3) is 0 Å². The van der Waals surface area contributed by atoms with Crippen LogP contribution in [-0.4, -0.2) is 25.9 Å². The molecule has 3 rings (SSSR count). The van der Waals surface area contributed by atoms with Crippen molar-refractivity contribution in [2.45, 2.75) is 45.3 Å². The summed E-state index contributed by atoms with van der Waals surface area (Å²) in [4.78, 5) is 0. The van der Waals surface area contributed by atoms with Gasteiger partial charge in [-0.15, -0.1) is 0 Å². The third-order valence-corrected chi connectivity index (χ3v) is 5.02. The molecule has 3 aliphatic carbocycles. The first kappa shape index (κ1) is 10.4. The molecule has 0 aromatic carbocycles. The lowest BCUT2D eigenvalue weighted by molar-refractivity contribution is -0.262. The predicted octanol–water partition coefficient (Wildman–Crippen LogP) is 2.47. The Hall–Kier alpha value is -0.0800. The van der Waals surface area contributed by atoms with E-state index in [4.69, 9.17) is 9.47 Å². The van der Waals surface area contributed by atoms with E-state index in [2.05, 4.69) is 20.8 Å². The average molecular weight is 198 g/mol. The fourth-order valence-electron chi connectivity index (χ4n) is 3.71. The molecule has 0 spiro atoms. The first-order chi connectivity index (χ1) is 6.46. The summed E-state index contributed by atoms with van der Waals surface area (Å²) >= 11 is 0. The van der Waals surface area contributed by atoms with Gasteiger partial charge in [-0.05, 0) is 37.0 Å². The van der Waals surface area contributed by atoms with Crippen molar-refractivity contribution in [3.8, 4) is 0 Å². The molecule has 2 heteroatoms. The van der Waals surface area contributed by atoms with Gasteiger partial charge in [0.05, 0.1) is 11.7 Å². The Bertz CT molecular complexity index is 236. The first-order valence-corrected chi connectivity index (χ1v) is 5.54. The van der Waals surface area contributed by atoms with Gasteiger partial charge in [0.15, 0.2) is 0 Å². The third kappa shape index (κ3) is 1.04. The van der Waals surface area contributed by atoms with Gasteiger partial charge >= 0.3 is 0 Å². The van der Waals surface area contributed by atoms with E-state index < -0.39 is 0 Å². The van der Waals surface area contributed by atoms with Crippen molar-refractivity contribution in [2.24, 2.45) is 17.3 Å². The number of ether oxygens (including phenoxy) is 2. The highest BCUT2D eigenvalue weighted by molar-refractivity contribution is 5.13. The van der Waals surface area contributed by atoms with Crippen LogP contribution in [0, 0.1) is 17.3 Å².